The number of thiazole rings is 1. The Morgan fingerprint density at radius 2 is 2.04 bits per heavy atom. The van der Waals surface area contributed by atoms with Crippen molar-refractivity contribution < 1.29 is 17.6 Å². The summed E-state index contributed by atoms with van der Waals surface area (Å²) < 4.78 is 40.2. The second-order valence-corrected chi connectivity index (χ2v) is 8.86. The smallest absolute Gasteiger partial charge is 0.280 e. The van der Waals surface area contributed by atoms with E-state index in [2.05, 4.69) is 10.9 Å². The van der Waals surface area contributed by atoms with Gasteiger partial charge in [0, 0.05) is 0 Å². The Labute approximate surface area is 159 Å². The largest absolute Gasteiger partial charge is 0.305 e. The van der Waals surface area contributed by atoms with Gasteiger partial charge in [0.05, 0.1) is 33.0 Å². The van der Waals surface area contributed by atoms with Crippen molar-refractivity contribution >= 4 is 37.3 Å². The summed E-state index contributed by atoms with van der Waals surface area (Å²) in [6.45, 7) is 1.65. The van der Waals surface area contributed by atoms with Crippen LogP contribution in [0.2, 0.25) is 0 Å². The predicted molar refractivity (Wildman–Crippen MR) is 103 cm³/mol. The molecule has 0 saturated heterocycles. The molecule has 0 aliphatic carbocycles. The zero-order valence-electron chi connectivity index (χ0n) is 14.3. The van der Waals surface area contributed by atoms with E-state index in [1.807, 2.05) is 0 Å². The second-order valence-electron chi connectivity index (χ2n) is 5.60. The van der Waals surface area contributed by atoms with Crippen LogP contribution in [0.4, 0.5) is 4.39 Å². The first-order chi connectivity index (χ1) is 12.9. The molecule has 0 atom stereocenters. The van der Waals surface area contributed by atoms with Crippen LogP contribution in [-0.4, -0.2) is 24.6 Å². The maximum Gasteiger partial charge on any atom is 0.280 e. The molecule has 3 rings (SSSR count). The number of carbonyl (C=O) groups excluding carboxylic acids is 1. The highest BCUT2D eigenvalue weighted by molar-refractivity contribution is 7.91. The Bertz CT molecular complexity index is 1250. The van der Waals surface area contributed by atoms with Gasteiger partial charge in [0.2, 0.25) is 0 Å². The molecule has 0 N–H and O–H groups in total. The van der Waals surface area contributed by atoms with Crippen LogP contribution in [0.5, 0.6) is 0 Å². The number of aromatic nitrogens is 1. The van der Waals surface area contributed by atoms with Crippen molar-refractivity contribution in [2.24, 2.45) is 4.99 Å². The zero-order valence-corrected chi connectivity index (χ0v) is 16.0. The lowest BCUT2D eigenvalue weighted by molar-refractivity contribution is 0.0994. The van der Waals surface area contributed by atoms with E-state index in [0.29, 0.717) is 10.2 Å². The maximum absolute atomic E-state index is 13.5. The lowest BCUT2D eigenvalue weighted by Gasteiger charge is -2.06. The minimum absolute atomic E-state index is 0.00440. The monoisotopic (exact) mass is 402 g/mol. The third-order valence-electron chi connectivity index (χ3n) is 3.92. The van der Waals surface area contributed by atoms with E-state index < -0.39 is 21.6 Å². The summed E-state index contributed by atoms with van der Waals surface area (Å²) in [6.07, 6.45) is 5.40. The highest BCUT2D eigenvalue weighted by Gasteiger charge is 2.20. The number of amides is 1. The van der Waals surface area contributed by atoms with E-state index in [1.165, 1.54) is 31.2 Å². The van der Waals surface area contributed by atoms with Crippen molar-refractivity contribution in [1.29, 1.82) is 0 Å². The Morgan fingerprint density at radius 3 is 2.74 bits per heavy atom. The van der Waals surface area contributed by atoms with Crippen molar-refractivity contribution in [1.82, 2.24) is 4.57 Å². The number of hydrogen-bond acceptors (Lipinski definition) is 4. The minimum Gasteiger partial charge on any atom is -0.305 e. The van der Waals surface area contributed by atoms with Gasteiger partial charge in [-0.3, -0.25) is 4.79 Å². The number of hydrogen-bond donors (Lipinski definition) is 0. The van der Waals surface area contributed by atoms with Crippen molar-refractivity contribution in [3.63, 3.8) is 0 Å². The molecule has 0 unspecified atom stereocenters. The average molecular weight is 402 g/mol. The molecule has 2 aromatic carbocycles. The number of benzene rings is 2. The van der Waals surface area contributed by atoms with Gasteiger partial charge in [-0.25, -0.2) is 12.8 Å². The summed E-state index contributed by atoms with van der Waals surface area (Å²) >= 11 is 1.11. The molecule has 3 aromatic rings. The minimum atomic E-state index is -3.58. The van der Waals surface area contributed by atoms with E-state index >= 15 is 0 Å². The molecule has 1 heterocycles. The second kappa shape index (κ2) is 7.47. The molecule has 0 bridgehead atoms. The van der Waals surface area contributed by atoms with Crippen LogP contribution in [0.3, 0.4) is 0 Å². The molecule has 0 aliphatic heterocycles. The molecule has 5 nitrogen and oxygen atoms in total. The van der Waals surface area contributed by atoms with Crippen LogP contribution in [0, 0.1) is 18.2 Å². The third kappa shape index (κ3) is 3.70. The summed E-state index contributed by atoms with van der Waals surface area (Å²) in [5.74, 6) is 1.25. The summed E-state index contributed by atoms with van der Waals surface area (Å²) in [5, 5.41) is 0. The molecule has 8 heteroatoms. The van der Waals surface area contributed by atoms with Gasteiger partial charge in [0.15, 0.2) is 14.6 Å². The van der Waals surface area contributed by atoms with Crippen LogP contribution >= 0.6 is 11.3 Å². The number of nitrogens with zero attached hydrogens (tertiary/aromatic N) is 2. The summed E-state index contributed by atoms with van der Waals surface area (Å²) in [5.41, 5.74) is 0.649. The van der Waals surface area contributed by atoms with Gasteiger partial charge < -0.3 is 4.57 Å². The molecular weight excluding hydrogens is 387 g/mol. The van der Waals surface area contributed by atoms with Gasteiger partial charge >= 0.3 is 0 Å². The lowest BCUT2D eigenvalue weighted by Crippen LogP contribution is -2.17. The van der Waals surface area contributed by atoms with E-state index in [0.717, 1.165) is 11.3 Å². The molecule has 138 valence electrons. The van der Waals surface area contributed by atoms with E-state index in [1.54, 1.807) is 22.8 Å². The van der Waals surface area contributed by atoms with Crippen LogP contribution in [0.1, 0.15) is 17.3 Å². The molecule has 0 aliphatic rings. The van der Waals surface area contributed by atoms with Gasteiger partial charge in [0.25, 0.3) is 5.91 Å². The number of terminal acetylenes is 1. The van der Waals surface area contributed by atoms with Crippen molar-refractivity contribution in [3.8, 4) is 12.3 Å². The van der Waals surface area contributed by atoms with Gasteiger partial charge in [-0.05, 0) is 30.3 Å². The highest BCUT2D eigenvalue weighted by atomic mass is 32.2. The number of halogens is 1. The van der Waals surface area contributed by atoms with Crippen LogP contribution in [0.25, 0.3) is 10.2 Å². The molecule has 0 fully saturated rings. The molecular formula is C19H15FN2O3S2. The Morgan fingerprint density at radius 1 is 1.30 bits per heavy atom. The molecule has 1 aromatic heterocycles. The fourth-order valence-electron chi connectivity index (χ4n) is 2.59. The lowest BCUT2D eigenvalue weighted by atomic mass is 10.2. The van der Waals surface area contributed by atoms with E-state index in [-0.39, 0.29) is 27.6 Å². The normalized spacial score (nSPS) is 12.3. The first-order valence-electron chi connectivity index (χ1n) is 8.00. The predicted octanol–water partition coefficient (Wildman–Crippen LogP) is 3.01. The standard InChI is InChI=1S/C19H15FN2O3S2/c1-3-11-22-15-10-9-13(20)12-16(15)26-19(22)21-18(23)14-7-5-6-8-17(14)27(24,25)4-2/h1,5-10,12H,4,11H2,2H3. The van der Waals surface area contributed by atoms with Crippen LogP contribution in [-0.2, 0) is 16.4 Å². The fourth-order valence-corrected chi connectivity index (χ4v) is 4.73. The first kappa shape index (κ1) is 19.0. The van der Waals surface area contributed by atoms with Crippen LogP contribution in [0.15, 0.2) is 52.4 Å². The van der Waals surface area contributed by atoms with Gasteiger partial charge in [0.1, 0.15) is 5.82 Å². The SMILES string of the molecule is C#CCn1c(=NC(=O)c2ccccc2S(=O)(=O)CC)sc2cc(F)ccc21. The van der Waals surface area contributed by atoms with Crippen molar-refractivity contribution in [2.45, 2.75) is 18.4 Å². The third-order valence-corrected chi connectivity index (χ3v) is 6.75. The average Bonchev–Trinajstić information content (AvgIpc) is 2.98. The Balaban J connectivity index is 2.20. The van der Waals surface area contributed by atoms with E-state index in [4.69, 9.17) is 6.42 Å². The Kier molecular flexibility index (Phi) is 5.26. The summed E-state index contributed by atoms with van der Waals surface area (Å²) in [7, 11) is -3.58. The van der Waals surface area contributed by atoms with E-state index in [9.17, 15) is 17.6 Å². The van der Waals surface area contributed by atoms with Gasteiger partial charge in [-0.1, -0.05) is 36.3 Å². The highest BCUT2D eigenvalue weighted by Crippen LogP contribution is 2.20. The zero-order chi connectivity index (χ0) is 19.6. The fraction of sp³-hybridized carbons (Fsp3) is 0.158. The molecule has 0 spiro atoms. The Hall–Kier alpha value is -2.76. The molecule has 1 amide bonds. The van der Waals surface area contributed by atoms with Gasteiger partial charge in [-0.2, -0.15) is 4.99 Å². The number of sulfone groups is 1. The number of carbonyl (C=O) groups is 1. The number of rotatable bonds is 4. The summed E-state index contributed by atoms with van der Waals surface area (Å²) in [4.78, 5) is 17.0. The molecule has 27 heavy (non-hydrogen) atoms. The van der Waals surface area contributed by atoms with Crippen molar-refractivity contribution in [2.75, 3.05) is 5.75 Å². The molecule has 0 radical (unpaired) electrons. The maximum atomic E-state index is 13.5. The first-order valence-corrected chi connectivity index (χ1v) is 10.5. The number of fused-ring (bicyclic) bond motifs is 1. The topological polar surface area (TPSA) is 68.5 Å². The summed E-state index contributed by atoms with van der Waals surface area (Å²) in [6, 6.07) is 10.2. The molecule has 0 saturated carbocycles. The van der Waals surface area contributed by atoms with Gasteiger partial charge in [-0.15, -0.1) is 6.42 Å². The quantitative estimate of drug-likeness (QED) is 0.630. The van der Waals surface area contributed by atoms with Crippen molar-refractivity contribution in [3.05, 3.63) is 58.6 Å². The van der Waals surface area contributed by atoms with Crippen LogP contribution < -0.4 is 4.80 Å².